The Balaban J connectivity index is 2.18. The number of thioether (sulfide) groups is 1. The van der Waals surface area contributed by atoms with Crippen LogP contribution < -0.4 is 0 Å². The van der Waals surface area contributed by atoms with Gasteiger partial charge in [0.15, 0.2) is 5.17 Å². The number of rotatable bonds is 3. The summed E-state index contributed by atoms with van der Waals surface area (Å²) in [5, 5.41) is 0.418. The third-order valence-corrected chi connectivity index (χ3v) is 5.73. The van der Waals surface area contributed by atoms with Crippen molar-refractivity contribution < 1.29 is 14.3 Å². The molecule has 2 unspecified atom stereocenters. The van der Waals surface area contributed by atoms with Gasteiger partial charge in [-0.25, -0.2) is 9.79 Å². The molecule has 0 bridgehead atoms. The molecule has 7 heteroatoms. The van der Waals surface area contributed by atoms with Crippen molar-refractivity contribution in [1.82, 2.24) is 4.90 Å². The number of esters is 1. The highest BCUT2D eigenvalue weighted by atomic mass is 79.9. The number of nitrogens with zero attached hydrogens (tertiary/aromatic N) is 2. The van der Waals surface area contributed by atoms with E-state index >= 15 is 0 Å². The van der Waals surface area contributed by atoms with Gasteiger partial charge >= 0.3 is 5.97 Å². The molecule has 0 saturated carbocycles. The van der Waals surface area contributed by atoms with Crippen LogP contribution >= 0.6 is 27.7 Å². The van der Waals surface area contributed by atoms with Gasteiger partial charge in [-0.05, 0) is 32.4 Å². The first-order valence-corrected chi connectivity index (χ1v) is 9.33. The lowest BCUT2D eigenvalue weighted by Gasteiger charge is -2.33. The molecule has 1 amide bonds. The van der Waals surface area contributed by atoms with Crippen molar-refractivity contribution in [3.63, 3.8) is 0 Å². The smallest absolute Gasteiger partial charge is 0.338 e. The van der Waals surface area contributed by atoms with Gasteiger partial charge in [0.25, 0.3) is 0 Å². The third kappa shape index (κ3) is 2.80. The Hall–Kier alpha value is -1.60. The molecule has 2 aliphatic heterocycles. The molecule has 126 valence electrons. The zero-order valence-corrected chi connectivity index (χ0v) is 16.0. The number of amides is 1. The van der Waals surface area contributed by atoms with E-state index in [1.54, 1.807) is 18.7 Å². The van der Waals surface area contributed by atoms with E-state index in [0.717, 1.165) is 10.0 Å². The fourth-order valence-corrected chi connectivity index (χ4v) is 4.39. The van der Waals surface area contributed by atoms with Gasteiger partial charge in [0.05, 0.1) is 29.2 Å². The van der Waals surface area contributed by atoms with E-state index in [4.69, 9.17) is 4.74 Å². The van der Waals surface area contributed by atoms with E-state index in [-0.39, 0.29) is 17.8 Å². The molecule has 2 aliphatic rings. The highest BCUT2D eigenvalue weighted by Crippen LogP contribution is 2.44. The number of hydrogen-bond acceptors (Lipinski definition) is 5. The average molecular weight is 409 g/mol. The average Bonchev–Trinajstić information content (AvgIpc) is 2.81. The van der Waals surface area contributed by atoms with Crippen molar-refractivity contribution in [2.75, 3.05) is 6.61 Å². The maximum atomic E-state index is 12.7. The Morgan fingerprint density at radius 2 is 2.12 bits per heavy atom. The summed E-state index contributed by atoms with van der Waals surface area (Å²) in [5.41, 5.74) is 1.85. The van der Waals surface area contributed by atoms with Crippen LogP contribution in [0.3, 0.4) is 0 Å². The zero-order chi connectivity index (χ0) is 17.4. The highest BCUT2D eigenvalue weighted by Gasteiger charge is 2.46. The third-order valence-electron chi connectivity index (χ3n) is 3.95. The number of carbonyl (C=O) groups excluding carboxylic acids is 2. The Kier molecular flexibility index (Phi) is 4.83. The molecule has 0 aliphatic carbocycles. The van der Waals surface area contributed by atoms with Crippen LogP contribution in [-0.4, -0.2) is 33.8 Å². The van der Waals surface area contributed by atoms with Gasteiger partial charge in [0, 0.05) is 4.47 Å². The minimum absolute atomic E-state index is 0.0474. The molecule has 1 aromatic rings. The van der Waals surface area contributed by atoms with Crippen molar-refractivity contribution in [1.29, 1.82) is 0 Å². The first-order chi connectivity index (χ1) is 11.5. The Morgan fingerprint density at radius 1 is 1.42 bits per heavy atom. The lowest BCUT2D eigenvalue weighted by Crippen LogP contribution is -2.40. The lowest BCUT2D eigenvalue weighted by molar-refractivity contribution is -0.139. The maximum Gasteiger partial charge on any atom is 0.338 e. The molecule has 0 spiro atoms. The van der Waals surface area contributed by atoms with Gasteiger partial charge in [0.2, 0.25) is 5.91 Å². The number of allylic oxidation sites excluding steroid dienone is 1. The summed E-state index contributed by atoms with van der Waals surface area (Å²) in [5.74, 6) is -0.482. The van der Waals surface area contributed by atoms with E-state index in [2.05, 4.69) is 20.9 Å². The summed E-state index contributed by atoms with van der Waals surface area (Å²) in [6.07, 6.45) is 0. The molecule has 1 aromatic carbocycles. The molecule has 0 aromatic heterocycles. The summed E-state index contributed by atoms with van der Waals surface area (Å²) < 4.78 is 6.06. The quantitative estimate of drug-likeness (QED) is 0.715. The molecule has 0 N–H and O–H groups in total. The standard InChI is InChI=1S/C17H17BrN2O3S/c1-4-23-16(22)13-9(2)19-17-20(15(21)10(3)24-17)14(13)11-7-5-6-8-12(11)18/h5-8,10,14H,4H2,1-3H3. The minimum Gasteiger partial charge on any atom is -0.463 e. The van der Waals surface area contributed by atoms with Crippen molar-refractivity contribution in [2.45, 2.75) is 32.1 Å². The SMILES string of the molecule is CCOC(=O)C1=C(C)N=C2SC(C)C(=O)N2C1c1ccccc1Br. The first-order valence-electron chi connectivity index (χ1n) is 7.66. The van der Waals surface area contributed by atoms with Gasteiger partial charge in [-0.3, -0.25) is 9.69 Å². The largest absolute Gasteiger partial charge is 0.463 e. The van der Waals surface area contributed by atoms with Gasteiger partial charge in [0.1, 0.15) is 0 Å². The van der Waals surface area contributed by atoms with E-state index in [1.807, 2.05) is 31.2 Å². The van der Waals surface area contributed by atoms with Gasteiger partial charge < -0.3 is 4.74 Å². The van der Waals surface area contributed by atoms with Crippen LogP contribution in [0.2, 0.25) is 0 Å². The van der Waals surface area contributed by atoms with Crippen LogP contribution in [0.1, 0.15) is 32.4 Å². The Morgan fingerprint density at radius 3 is 2.79 bits per heavy atom. The highest BCUT2D eigenvalue weighted by molar-refractivity contribution is 9.10. The number of amidine groups is 1. The number of halogens is 1. The number of ether oxygens (including phenoxy) is 1. The van der Waals surface area contributed by atoms with Crippen LogP contribution in [0.5, 0.6) is 0 Å². The summed E-state index contributed by atoms with van der Waals surface area (Å²) in [6.45, 7) is 5.67. The fraction of sp³-hybridized carbons (Fsp3) is 0.353. The number of benzene rings is 1. The molecule has 2 heterocycles. The molecule has 1 saturated heterocycles. The molecule has 3 rings (SSSR count). The van der Waals surface area contributed by atoms with E-state index in [9.17, 15) is 9.59 Å². The van der Waals surface area contributed by atoms with Crippen molar-refractivity contribution in [3.8, 4) is 0 Å². The zero-order valence-electron chi connectivity index (χ0n) is 13.6. The number of fused-ring (bicyclic) bond motifs is 1. The van der Waals surface area contributed by atoms with Gasteiger partial charge in [-0.15, -0.1) is 0 Å². The lowest BCUT2D eigenvalue weighted by atomic mass is 9.94. The fourth-order valence-electron chi connectivity index (χ4n) is 2.86. The minimum atomic E-state index is -0.530. The summed E-state index contributed by atoms with van der Waals surface area (Å²) in [4.78, 5) is 31.4. The van der Waals surface area contributed by atoms with Gasteiger partial charge in [-0.2, -0.15) is 0 Å². The molecule has 1 fully saturated rings. The maximum absolute atomic E-state index is 12.7. The normalized spacial score (nSPS) is 23.2. The van der Waals surface area contributed by atoms with Crippen LogP contribution in [0, 0.1) is 0 Å². The van der Waals surface area contributed by atoms with E-state index < -0.39 is 12.0 Å². The molecule has 2 atom stereocenters. The van der Waals surface area contributed by atoms with E-state index in [0.29, 0.717) is 16.4 Å². The Bertz CT molecular complexity index is 775. The van der Waals surface area contributed by atoms with Gasteiger partial charge in [-0.1, -0.05) is 45.9 Å². The number of hydrogen-bond donors (Lipinski definition) is 0. The number of carbonyl (C=O) groups is 2. The second-order valence-corrected chi connectivity index (χ2v) is 7.67. The van der Waals surface area contributed by atoms with Crippen LogP contribution in [0.15, 0.2) is 45.0 Å². The summed E-state index contributed by atoms with van der Waals surface area (Å²) in [7, 11) is 0. The topological polar surface area (TPSA) is 59.0 Å². The second-order valence-electron chi connectivity index (χ2n) is 5.51. The van der Waals surface area contributed by atoms with Crippen LogP contribution in [0.4, 0.5) is 0 Å². The predicted octanol–water partition coefficient (Wildman–Crippen LogP) is 3.66. The molecular formula is C17H17BrN2O3S. The van der Waals surface area contributed by atoms with Crippen LogP contribution in [0.25, 0.3) is 0 Å². The van der Waals surface area contributed by atoms with Crippen molar-refractivity contribution >= 4 is 44.7 Å². The molecule has 5 nitrogen and oxygen atoms in total. The van der Waals surface area contributed by atoms with Crippen LogP contribution in [-0.2, 0) is 14.3 Å². The first kappa shape index (κ1) is 17.2. The molecule has 24 heavy (non-hydrogen) atoms. The molecular weight excluding hydrogens is 392 g/mol. The summed E-state index contributed by atoms with van der Waals surface area (Å²) in [6, 6.07) is 7.06. The van der Waals surface area contributed by atoms with Crippen molar-refractivity contribution in [3.05, 3.63) is 45.6 Å². The number of aliphatic imine (C=N–C) groups is 1. The monoisotopic (exact) mass is 408 g/mol. The molecule has 0 radical (unpaired) electrons. The summed E-state index contributed by atoms with van der Waals surface area (Å²) >= 11 is 4.96. The van der Waals surface area contributed by atoms with E-state index in [1.165, 1.54) is 11.8 Å². The second kappa shape index (κ2) is 6.72. The Labute approximate surface area is 153 Å². The van der Waals surface area contributed by atoms with Crippen molar-refractivity contribution in [2.24, 2.45) is 4.99 Å². The predicted molar refractivity (Wildman–Crippen MR) is 97.6 cm³/mol.